The van der Waals surface area contributed by atoms with Crippen LogP contribution in [0.5, 0.6) is 0 Å². The van der Waals surface area contributed by atoms with Crippen molar-refractivity contribution in [1.82, 2.24) is 14.8 Å². The second-order valence-electron chi connectivity index (χ2n) is 7.23. The van der Waals surface area contributed by atoms with Crippen LogP contribution in [0.2, 0.25) is 0 Å². The van der Waals surface area contributed by atoms with E-state index < -0.39 is 23.6 Å². The normalized spacial score (nSPS) is 12.8. The summed E-state index contributed by atoms with van der Waals surface area (Å²) in [5.41, 5.74) is -4.99. The number of hydrogen-bond acceptors (Lipinski definition) is 3. The molecule has 0 spiro atoms. The monoisotopic (exact) mass is 475 g/mol. The van der Waals surface area contributed by atoms with Gasteiger partial charge < -0.3 is 0 Å². The van der Waals surface area contributed by atoms with Gasteiger partial charge in [-0.25, -0.2) is 14.1 Å². The first-order valence-corrected chi connectivity index (χ1v) is 9.57. The smallest absolute Gasteiger partial charge is 0.223 e. The van der Waals surface area contributed by atoms with E-state index in [1.165, 1.54) is 31.2 Å². The lowest BCUT2D eigenvalue weighted by atomic mass is 9.87. The van der Waals surface area contributed by atoms with Crippen LogP contribution in [-0.2, 0) is 12.1 Å². The number of hydrogen-bond donors (Lipinski definition) is 0. The van der Waals surface area contributed by atoms with E-state index in [0.29, 0.717) is 28.1 Å². The topological polar surface area (TPSA) is 30.7 Å². The first-order valence-electron chi connectivity index (χ1n) is 9.17. The Morgan fingerprint density at radius 2 is 1.44 bits per heavy atom. The molecule has 2 aromatic carbocycles. The van der Waals surface area contributed by atoms with Crippen LogP contribution >= 0.6 is 12.2 Å². The predicted molar refractivity (Wildman–Crippen MR) is 108 cm³/mol. The largest absolute Gasteiger partial charge is 0.435 e. The summed E-state index contributed by atoms with van der Waals surface area (Å²) in [4.78, 5) is 4.27. The number of aryl methyl sites for hydroxylation is 2. The molecule has 0 radical (unpaired) electrons. The van der Waals surface area contributed by atoms with Gasteiger partial charge in [0.15, 0.2) is 0 Å². The van der Waals surface area contributed by atoms with Crippen molar-refractivity contribution >= 4 is 17.1 Å². The molecule has 3 nitrogen and oxygen atoms in total. The molecule has 3 aromatic rings. The van der Waals surface area contributed by atoms with Crippen LogP contribution in [0, 0.1) is 13.8 Å². The van der Waals surface area contributed by atoms with Gasteiger partial charge in [0.05, 0.1) is 5.69 Å². The van der Waals surface area contributed by atoms with Crippen molar-refractivity contribution < 1.29 is 30.7 Å². The van der Waals surface area contributed by atoms with Gasteiger partial charge in [-0.3, -0.25) is 0 Å². The lowest BCUT2D eigenvalue weighted by Gasteiger charge is -2.31. The fourth-order valence-electron chi connectivity index (χ4n) is 3.36. The molecular formula is C21H16F7N3S. The van der Waals surface area contributed by atoms with Crippen molar-refractivity contribution in [2.75, 3.05) is 0 Å². The molecular weight excluding hydrogens is 459 g/mol. The highest BCUT2D eigenvalue weighted by Gasteiger charge is 2.73. The summed E-state index contributed by atoms with van der Waals surface area (Å²) < 4.78 is 94.5. The van der Waals surface area contributed by atoms with Gasteiger partial charge in [-0.15, -0.1) is 0 Å². The van der Waals surface area contributed by atoms with E-state index in [-0.39, 0.29) is 17.5 Å². The SMILES string of the molecule is Cc1cc(C(F)(C(F)(F)F)C(F)(F)F)cc(C)c1CC(=S)c1ccc(-n2cncn2)cc1. The predicted octanol–water partition coefficient (Wildman–Crippen LogP) is 6.13. The Morgan fingerprint density at radius 3 is 1.88 bits per heavy atom. The van der Waals surface area contributed by atoms with Crippen LogP contribution in [0.3, 0.4) is 0 Å². The Hall–Kier alpha value is -2.82. The molecule has 0 aliphatic heterocycles. The van der Waals surface area contributed by atoms with Crippen molar-refractivity contribution in [3.05, 3.63) is 76.9 Å². The average molecular weight is 475 g/mol. The highest BCUT2D eigenvalue weighted by molar-refractivity contribution is 7.80. The molecule has 0 bridgehead atoms. The van der Waals surface area contributed by atoms with Gasteiger partial charge in [-0.1, -0.05) is 36.5 Å². The van der Waals surface area contributed by atoms with Crippen molar-refractivity contribution in [1.29, 1.82) is 0 Å². The van der Waals surface area contributed by atoms with Crippen molar-refractivity contribution in [2.24, 2.45) is 0 Å². The molecule has 1 heterocycles. The maximum Gasteiger partial charge on any atom is 0.435 e. The third kappa shape index (κ3) is 4.25. The molecule has 170 valence electrons. The van der Waals surface area contributed by atoms with E-state index in [2.05, 4.69) is 10.1 Å². The number of nitrogens with zero attached hydrogens (tertiary/aromatic N) is 3. The first kappa shape index (κ1) is 23.8. The summed E-state index contributed by atoms with van der Waals surface area (Å²) in [5, 5.41) is 4.00. The third-order valence-electron chi connectivity index (χ3n) is 5.08. The fourth-order valence-corrected chi connectivity index (χ4v) is 3.64. The first-order chi connectivity index (χ1) is 14.8. The lowest BCUT2D eigenvalue weighted by Crippen LogP contribution is -2.50. The Morgan fingerprint density at radius 1 is 0.906 bits per heavy atom. The van der Waals surface area contributed by atoms with Crippen molar-refractivity contribution in [3.8, 4) is 5.69 Å². The maximum absolute atomic E-state index is 14.4. The molecule has 11 heteroatoms. The number of benzene rings is 2. The molecule has 0 unspecified atom stereocenters. The average Bonchev–Trinajstić information content (AvgIpc) is 3.23. The minimum absolute atomic E-state index is 0.0807. The maximum atomic E-state index is 14.4. The van der Waals surface area contributed by atoms with Crippen LogP contribution < -0.4 is 0 Å². The molecule has 0 atom stereocenters. The van der Waals surface area contributed by atoms with E-state index in [9.17, 15) is 30.7 Å². The number of thiocarbonyl (C=S) groups is 1. The van der Waals surface area contributed by atoms with Crippen molar-refractivity contribution in [3.63, 3.8) is 0 Å². The second-order valence-corrected chi connectivity index (χ2v) is 7.72. The van der Waals surface area contributed by atoms with Crippen LogP contribution in [0.15, 0.2) is 49.1 Å². The second kappa shape index (κ2) is 8.27. The Balaban J connectivity index is 1.91. The summed E-state index contributed by atoms with van der Waals surface area (Å²) >= 11 is 5.42. The zero-order chi connectivity index (χ0) is 23.9. The quantitative estimate of drug-likeness (QED) is 0.253. The minimum atomic E-state index is -6.16. The number of rotatable bonds is 5. The number of halogens is 7. The molecule has 1 aromatic heterocycles. The van der Waals surface area contributed by atoms with Crippen molar-refractivity contribution in [2.45, 2.75) is 38.3 Å². The summed E-state index contributed by atoms with van der Waals surface area (Å²) in [5.74, 6) is 0. The van der Waals surface area contributed by atoms with Gasteiger partial charge in [-0.2, -0.15) is 31.4 Å². The van der Waals surface area contributed by atoms with Crippen LogP contribution in [0.1, 0.15) is 27.8 Å². The zero-order valence-electron chi connectivity index (χ0n) is 16.7. The Labute approximate surface area is 183 Å². The van der Waals surface area contributed by atoms with E-state index in [1.54, 1.807) is 24.3 Å². The molecule has 0 amide bonds. The molecule has 0 saturated carbocycles. The molecule has 0 N–H and O–H groups in total. The van der Waals surface area contributed by atoms with Crippen LogP contribution in [0.25, 0.3) is 5.69 Å². The highest BCUT2D eigenvalue weighted by Crippen LogP contribution is 2.53. The zero-order valence-corrected chi connectivity index (χ0v) is 17.5. The van der Waals surface area contributed by atoms with Gasteiger partial charge in [-0.05, 0) is 48.2 Å². The Kier molecular flexibility index (Phi) is 6.16. The summed E-state index contributed by atoms with van der Waals surface area (Å²) in [7, 11) is 0. The van der Waals surface area contributed by atoms with Gasteiger partial charge in [0.25, 0.3) is 0 Å². The van der Waals surface area contributed by atoms with E-state index in [1.807, 2.05) is 0 Å². The van der Waals surface area contributed by atoms with Gasteiger partial charge in [0, 0.05) is 16.8 Å². The molecule has 0 aliphatic carbocycles. The van der Waals surface area contributed by atoms with Gasteiger partial charge in [0.1, 0.15) is 12.7 Å². The lowest BCUT2D eigenvalue weighted by molar-refractivity contribution is -0.348. The van der Waals surface area contributed by atoms with Crippen LogP contribution in [0.4, 0.5) is 30.7 Å². The molecule has 0 saturated heterocycles. The summed E-state index contributed by atoms with van der Waals surface area (Å²) in [6.07, 6.45) is -9.35. The van der Waals surface area contributed by atoms with E-state index in [4.69, 9.17) is 12.2 Å². The molecule has 3 rings (SSSR count). The Bertz CT molecular complexity index is 1080. The summed E-state index contributed by atoms with van der Waals surface area (Å²) in [6, 6.07) is 8.09. The standard InChI is InChI=1S/C21H16F7N3S/c1-12-7-15(19(22,20(23,24)25)21(26,27)28)8-13(2)17(12)9-18(32)14-3-5-16(6-4-14)31-11-29-10-30-31/h3-8,10-11H,9H2,1-2H3. The van der Waals surface area contributed by atoms with E-state index in [0.717, 1.165) is 5.69 Å². The number of alkyl halides is 7. The molecule has 0 aliphatic rings. The highest BCUT2D eigenvalue weighted by atomic mass is 32.1. The van der Waals surface area contributed by atoms with Gasteiger partial charge in [0.2, 0.25) is 0 Å². The minimum Gasteiger partial charge on any atom is -0.223 e. The molecule has 0 fully saturated rings. The summed E-state index contributed by atoms with van der Waals surface area (Å²) in [6.45, 7) is 2.66. The van der Waals surface area contributed by atoms with Crippen LogP contribution in [-0.4, -0.2) is 32.0 Å². The number of aromatic nitrogens is 3. The fraction of sp³-hybridized carbons (Fsp3) is 0.286. The van der Waals surface area contributed by atoms with Gasteiger partial charge >= 0.3 is 18.0 Å². The molecule has 32 heavy (non-hydrogen) atoms. The third-order valence-corrected chi connectivity index (χ3v) is 5.46. The van der Waals surface area contributed by atoms with E-state index >= 15 is 0 Å².